The number of benzene rings is 1. The van der Waals surface area contributed by atoms with Crippen LogP contribution in [-0.4, -0.2) is 30.7 Å². The van der Waals surface area contributed by atoms with Crippen molar-refractivity contribution in [3.8, 4) is 10.6 Å². The summed E-state index contributed by atoms with van der Waals surface area (Å²) in [6.07, 6.45) is -3.23. The molecule has 4 rings (SSSR count). The van der Waals surface area contributed by atoms with Crippen molar-refractivity contribution in [1.82, 2.24) is 15.3 Å². The van der Waals surface area contributed by atoms with Crippen LogP contribution in [0.2, 0.25) is 5.02 Å². The number of alkyl halides is 3. The van der Waals surface area contributed by atoms with Crippen LogP contribution >= 0.6 is 22.9 Å². The zero-order valence-corrected chi connectivity index (χ0v) is 19.1. The summed E-state index contributed by atoms with van der Waals surface area (Å²) in [4.78, 5) is 7.95. The highest BCUT2D eigenvalue weighted by atomic mass is 35.5. The van der Waals surface area contributed by atoms with Gasteiger partial charge in [-0.3, -0.25) is 0 Å². The molecule has 0 saturated carbocycles. The van der Waals surface area contributed by atoms with Crippen molar-refractivity contribution in [1.29, 1.82) is 0 Å². The summed E-state index contributed by atoms with van der Waals surface area (Å²) in [6.45, 7) is 2.98. The van der Waals surface area contributed by atoms with Gasteiger partial charge in [-0.1, -0.05) is 18.5 Å². The van der Waals surface area contributed by atoms with Crippen molar-refractivity contribution in [2.75, 3.05) is 17.6 Å². The lowest BCUT2D eigenvalue weighted by Crippen LogP contribution is -2.23. The molecule has 2 N–H and O–H groups in total. The number of anilines is 2. The van der Waals surface area contributed by atoms with Crippen LogP contribution in [0.25, 0.3) is 10.6 Å². The molecular weight excluding hydrogens is 485 g/mol. The van der Waals surface area contributed by atoms with E-state index in [0.717, 1.165) is 35.4 Å². The van der Waals surface area contributed by atoms with Crippen molar-refractivity contribution in [2.45, 2.75) is 31.0 Å². The molecule has 1 aliphatic rings. The van der Waals surface area contributed by atoms with Crippen LogP contribution in [0.1, 0.15) is 23.6 Å². The Kier molecular flexibility index (Phi) is 6.19. The number of thiophene rings is 1. The number of halogens is 4. The Labute approximate surface area is 191 Å². The maximum Gasteiger partial charge on any atom is 0.420 e. The van der Waals surface area contributed by atoms with Gasteiger partial charge in [0.05, 0.1) is 31.9 Å². The maximum absolute atomic E-state index is 13.6. The molecule has 0 aliphatic carbocycles. The van der Waals surface area contributed by atoms with Crippen molar-refractivity contribution in [2.24, 2.45) is 0 Å². The molecule has 32 heavy (non-hydrogen) atoms. The molecule has 0 fully saturated rings. The van der Waals surface area contributed by atoms with E-state index in [-0.39, 0.29) is 21.5 Å². The van der Waals surface area contributed by atoms with Gasteiger partial charge in [0, 0.05) is 18.1 Å². The normalized spacial score (nSPS) is 14.3. The SMILES string of the molecule is CCS(=O)(=O)c1csc(-c2nc(Nc3cc4c(cc3Cl)CNCC4)ncc2C(F)(F)F)c1. The molecule has 1 aliphatic heterocycles. The van der Waals surface area contributed by atoms with E-state index in [1.54, 1.807) is 6.07 Å². The van der Waals surface area contributed by atoms with Crippen LogP contribution in [0.15, 0.2) is 34.7 Å². The van der Waals surface area contributed by atoms with Crippen molar-refractivity contribution in [3.63, 3.8) is 0 Å². The molecule has 0 amide bonds. The van der Waals surface area contributed by atoms with E-state index in [1.807, 2.05) is 6.07 Å². The Morgan fingerprint density at radius 1 is 1.25 bits per heavy atom. The van der Waals surface area contributed by atoms with Crippen molar-refractivity contribution < 1.29 is 21.6 Å². The minimum Gasteiger partial charge on any atom is -0.323 e. The van der Waals surface area contributed by atoms with E-state index < -0.39 is 27.3 Å². The Hall–Kier alpha value is -2.21. The van der Waals surface area contributed by atoms with E-state index in [4.69, 9.17) is 11.6 Å². The first-order valence-electron chi connectivity index (χ1n) is 9.63. The number of hydrogen-bond acceptors (Lipinski definition) is 7. The quantitative estimate of drug-likeness (QED) is 0.507. The first kappa shape index (κ1) is 23.0. The zero-order valence-electron chi connectivity index (χ0n) is 16.8. The minimum atomic E-state index is -4.71. The molecule has 1 aromatic carbocycles. The molecule has 0 saturated heterocycles. The van der Waals surface area contributed by atoms with Gasteiger partial charge in [-0.05, 0) is 42.3 Å². The fraction of sp³-hybridized carbons (Fsp3) is 0.300. The lowest BCUT2D eigenvalue weighted by molar-refractivity contribution is -0.137. The van der Waals surface area contributed by atoms with E-state index in [0.29, 0.717) is 23.5 Å². The predicted molar refractivity (Wildman–Crippen MR) is 118 cm³/mol. The average molecular weight is 503 g/mol. The number of hydrogen-bond donors (Lipinski definition) is 2. The molecule has 0 spiro atoms. The summed E-state index contributed by atoms with van der Waals surface area (Å²) >= 11 is 7.23. The Morgan fingerprint density at radius 3 is 2.75 bits per heavy atom. The second-order valence-electron chi connectivity index (χ2n) is 7.16. The second-order valence-corrected chi connectivity index (χ2v) is 10.8. The average Bonchev–Trinajstić information content (AvgIpc) is 3.25. The zero-order chi connectivity index (χ0) is 23.1. The van der Waals surface area contributed by atoms with Gasteiger partial charge in [0.1, 0.15) is 5.56 Å². The molecule has 6 nitrogen and oxygen atoms in total. The number of nitrogens with one attached hydrogen (secondary N) is 2. The highest BCUT2D eigenvalue weighted by Crippen LogP contribution is 2.39. The first-order chi connectivity index (χ1) is 15.1. The van der Waals surface area contributed by atoms with Gasteiger partial charge in [0.15, 0.2) is 9.84 Å². The summed E-state index contributed by atoms with van der Waals surface area (Å²) in [7, 11) is -3.56. The molecule has 3 heterocycles. The Balaban J connectivity index is 1.75. The highest BCUT2D eigenvalue weighted by molar-refractivity contribution is 7.91. The minimum absolute atomic E-state index is 0.0346. The predicted octanol–water partition coefficient (Wildman–Crippen LogP) is 5.06. The molecule has 12 heteroatoms. The standard InChI is InChI=1S/C20H18ClF3N4O2S2/c1-2-32(29,30)13-7-17(31-10-13)18-14(20(22,23)24)9-26-19(28-18)27-16-6-11-3-4-25-8-12(11)5-15(16)21/h5-7,9-10,25H,2-4,8H2,1H3,(H,26,27,28). The van der Waals surface area contributed by atoms with Crippen LogP contribution < -0.4 is 10.6 Å². The van der Waals surface area contributed by atoms with Crippen LogP contribution in [0.4, 0.5) is 24.8 Å². The number of fused-ring (bicyclic) bond motifs is 1. The van der Waals surface area contributed by atoms with E-state index in [1.165, 1.54) is 18.4 Å². The molecule has 0 atom stereocenters. The molecule has 0 bridgehead atoms. The Bertz CT molecular complexity index is 1280. The molecule has 170 valence electrons. The van der Waals surface area contributed by atoms with Gasteiger partial charge in [-0.25, -0.2) is 18.4 Å². The molecule has 2 aromatic heterocycles. The number of aromatic nitrogens is 2. The topological polar surface area (TPSA) is 84.0 Å². The number of nitrogens with zero attached hydrogens (tertiary/aromatic N) is 2. The summed E-state index contributed by atoms with van der Waals surface area (Å²) in [5, 5.41) is 7.86. The van der Waals surface area contributed by atoms with Gasteiger partial charge in [-0.15, -0.1) is 11.3 Å². The fourth-order valence-corrected chi connectivity index (χ4v) is 5.77. The summed E-state index contributed by atoms with van der Waals surface area (Å²) in [5.74, 6) is -0.227. The van der Waals surface area contributed by atoms with Gasteiger partial charge < -0.3 is 10.6 Å². The lowest BCUT2D eigenvalue weighted by Gasteiger charge is -2.19. The van der Waals surface area contributed by atoms with Crippen LogP contribution in [0, 0.1) is 0 Å². The van der Waals surface area contributed by atoms with E-state index in [9.17, 15) is 21.6 Å². The van der Waals surface area contributed by atoms with Gasteiger partial charge in [0.2, 0.25) is 5.95 Å². The monoisotopic (exact) mass is 502 g/mol. The molecule has 0 unspecified atom stereocenters. The smallest absolute Gasteiger partial charge is 0.323 e. The van der Waals surface area contributed by atoms with Gasteiger partial charge >= 0.3 is 6.18 Å². The number of rotatable bonds is 5. The van der Waals surface area contributed by atoms with Crippen LogP contribution in [0.3, 0.4) is 0 Å². The summed E-state index contributed by atoms with van der Waals surface area (Å²) in [5.41, 5.74) is 1.18. The highest BCUT2D eigenvalue weighted by Gasteiger charge is 2.36. The molecule has 0 radical (unpaired) electrons. The largest absolute Gasteiger partial charge is 0.420 e. The van der Waals surface area contributed by atoms with Gasteiger partial charge in [0.25, 0.3) is 0 Å². The van der Waals surface area contributed by atoms with E-state index >= 15 is 0 Å². The Morgan fingerprint density at radius 2 is 2.03 bits per heavy atom. The maximum atomic E-state index is 13.6. The second kappa shape index (κ2) is 8.62. The summed E-state index contributed by atoms with van der Waals surface area (Å²) < 4.78 is 65.1. The van der Waals surface area contributed by atoms with E-state index in [2.05, 4.69) is 20.6 Å². The van der Waals surface area contributed by atoms with Gasteiger partial charge in [-0.2, -0.15) is 13.2 Å². The third-order valence-corrected chi connectivity index (χ3v) is 8.18. The fourth-order valence-electron chi connectivity index (χ4n) is 3.33. The van der Waals surface area contributed by atoms with Crippen molar-refractivity contribution in [3.05, 3.63) is 51.5 Å². The summed E-state index contributed by atoms with van der Waals surface area (Å²) in [6, 6.07) is 4.86. The van der Waals surface area contributed by atoms with Crippen molar-refractivity contribution >= 4 is 44.4 Å². The molecule has 3 aromatic rings. The molecular formula is C20H18ClF3N4O2S2. The van der Waals surface area contributed by atoms with Crippen LogP contribution in [0.5, 0.6) is 0 Å². The number of sulfone groups is 1. The third kappa shape index (κ3) is 4.61. The van der Waals surface area contributed by atoms with Crippen LogP contribution in [-0.2, 0) is 29.0 Å². The lowest BCUT2D eigenvalue weighted by atomic mass is 10.0. The third-order valence-electron chi connectivity index (χ3n) is 5.06. The first-order valence-corrected chi connectivity index (χ1v) is 12.5.